The molecule has 10 heteroatoms. The number of ether oxygens (including phenoxy) is 1. The highest BCUT2D eigenvalue weighted by atomic mass is 32.2. The van der Waals surface area contributed by atoms with Crippen molar-refractivity contribution < 1.29 is 4.74 Å². The standard InChI is InChI=1S/C11H15N7OS2/c1-7-16-17-11(20-7)21-10-14-8(12-2)13-9(15-10)18-3-5-19-6-4-18/h3-6H2,1-2H3,(H,12,13,14,15). The first-order valence-corrected chi connectivity index (χ1v) is 8.12. The van der Waals surface area contributed by atoms with Crippen molar-refractivity contribution in [3.8, 4) is 0 Å². The van der Waals surface area contributed by atoms with Crippen LogP contribution in [0.1, 0.15) is 5.01 Å². The fourth-order valence-corrected chi connectivity index (χ4v) is 3.47. The second-order valence-electron chi connectivity index (χ2n) is 4.28. The Kier molecular flexibility index (Phi) is 4.46. The summed E-state index contributed by atoms with van der Waals surface area (Å²) in [4.78, 5) is 15.4. The van der Waals surface area contributed by atoms with E-state index in [0.29, 0.717) is 30.3 Å². The van der Waals surface area contributed by atoms with Gasteiger partial charge >= 0.3 is 0 Å². The van der Waals surface area contributed by atoms with Crippen LogP contribution in [0.3, 0.4) is 0 Å². The first-order valence-electron chi connectivity index (χ1n) is 6.49. The van der Waals surface area contributed by atoms with Crippen LogP contribution in [0.4, 0.5) is 11.9 Å². The predicted octanol–water partition coefficient (Wildman–Crippen LogP) is 1.06. The van der Waals surface area contributed by atoms with Crippen molar-refractivity contribution in [2.24, 2.45) is 0 Å². The van der Waals surface area contributed by atoms with Gasteiger partial charge in [0, 0.05) is 20.1 Å². The third-order valence-electron chi connectivity index (χ3n) is 2.81. The smallest absolute Gasteiger partial charge is 0.231 e. The summed E-state index contributed by atoms with van der Waals surface area (Å²) in [5, 5.41) is 12.6. The topological polar surface area (TPSA) is 89.0 Å². The molecule has 0 unspecified atom stereocenters. The summed E-state index contributed by atoms with van der Waals surface area (Å²) in [5.41, 5.74) is 0. The van der Waals surface area contributed by atoms with E-state index in [1.165, 1.54) is 23.1 Å². The average Bonchev–Trinajstić information content (AvgIpc) is 2.93. The van der Waals surface area contributed by atoms with Crippen molar-refractivity contribution in [3.05, 3.63) is 5.01 Å². The minimum absolute atomic E-state index is 0.551. The van der Waals surface area contributed by atoms with E-state index in [4.69, 9.17) is 4.74 Å². The molecule has 0 aliphatic carbocycles. The zero-order chi connectivity index (χ0) is 14.7. The molecule has 3 heterocycles. The highest BCUT2D eigenvalue weighted by molar-refractivity contribution is 8.00. The number of hydrogen-bond acceptors (Lipinski definition) is 10. The average molecular weight is 325 g/mol. The van der Waals surface area contributed by atoms with E-state index in [9.17, 15) is 0 Å². The molecular formula is C11H15N7OS2. The van der Waals surface area contributed by atoms with Crippen molar-refractivity contribution in [1.29, 1.82) is 0 Å². The third kappa shape index (κ3) is 3.57. The number of morpholine rings is 1. The molecule has 3 rings (SSSR count). The lowest BCUT2D eigenvalue weighted by atomic mass is 10.4. The van der Waals surface area contributed by atoms with E-state index >= 15 is 0 Å². The quantitative estimate of drug-likeness (QED) is 0.886. The highest BCUT2D eigenvalue weighted by Crippen LogP contribution is 2.28. The molecule has 0 amide bonds. The summed E-state index contributed by atoms with van der Waals surface area (Å²) >= 11 is 2.92. The zero-order valence-corrected chi connectivity index (χ0v) is 13.4. The molecule has 0 spiro atoms. The van der Waals surface area contributed by atoms with Crippen LogP contribution in [0, 0.1) is 6.92 Å². The molecule has 0 saturated carbocycles. The molecule has 21 heavy (non-hydrogen) atoms. The van der Waals surface area contributed by atoms with Gasteiger partial charge in [-0.25, -0.2) is 0 Å². The van der Waals surface area contributed by atoms with Crippen LogP contribution in [0.25, 0.3) is 0 Å². The van der Waals surface area contributed by atoms with Gasteiger partial charge in [0.2, 0.25) is 17.1 Å². The minimum atomic E-state index is 0.551. The molecule has 1 aliphatic rings. The molecule has 1 N–H and O–H groups in total. The molecule has 2 aromatic rings. The number of aryl methyl sites for hydroxylation is 1. The normalized spacial score (nSPS) is 15.2. The lowest BCUT2D eigenvalue weighted by Crippen LogP contribution is -2.37. The molecule has 8 nitrogen and oxygen atoms in total. The van der Waals surface area contributed by atoms with Crippen molar-refractivity contribution in [2.45, 2.75) is 16.4 Å². The predicted molar refractivity (Wildman–Crippen MR) is 81.2 cm³/mol. The van der Waals surface area contributed by atoms with E-state index in [1.54, 1.807) is 7.05 Å². The second-order valence-corrected chi connectivity index (χ2v) is 6.68. The summed E-state index contributed by atoms with van der Waals surface area (Å²) < 4.78 is 6.18. The SMILES string of the molecule is CNc1nc(Sc2nnc(C)s2)nc(N2CCOCC2)n1. The molecule has 0 aromatic carbocycles. The van der Waals surface area contributed by atoms with E-state index in [-0.39, 0.29) is 0 Å². The van der Waals surface area contributed by atoms with Gasteiger partial charge < -0.3 is 15.0 Å². The van der Waals surface area contributed by atoms with Crippen LogP contribution in [-0.4, -0.2) is 58.5 Å². The monoisotopic (exact) mass is 325 g/mol. The number of aromatic nitrogens is 5. The van der Waals surface area contributed by atoms with Crippen molar-refractivity contribution in [3.63, 3.8) is 0 Å². The van der Waals surface area contributed by atoms with Gasteiger partial charge in [0.05, 0.1) is 13.2 Å². The molecule has 0 bridgehead atoms. The Morgan fingerprint density at radius 2 is 2.00 bits per heavy atom. The maximum absolute atomic E-state index is 5.36. The van der Waals surface area contributed by atoms with Crippen LogP contribution >= 0.6 is 23.1 Å². The Morgan fingerprint density at radius 1 is 1.19 bits per heavy atom. The number of nitrogens with one attached hydrogen (secondary N) is 1. The molecule has 0 radical (unpaired) electrons. The summed E-state index contributed by atoms with van der Waals surface area (Å²) in [7, 11) is 1.79. The van der Waals surface area contributed by atoms with Gasteiger partial charge in [-0.05, 0) is 18.7 Å². The van der Waals surface area contributed by atoms with Gasteiger partial charge in [-0.15, -0.1) is 10.2 Å². The number of anilines is 2. The first kappa shape index (κ1) is 14.4. The van der Waals surface area contributed by atoms with Crippen molar-refractivity contribution in [2.75, 3.05) is 43.6 Å². The van der Waals surface area contributed by atoms with Crippen LogP contribution in [0.2, 0.25) is 0 Å². The lowest BCUT2D eigenvalue weighted by molar-refractivity contribution is 0.122. The van der Waals surface area contributed by atoms with E-state index in [2.05, 4.69) is 35.4 Å². The summed E-state index contributed by atoms with van der Waals surface area (Å²) in [6.45, 7) is 4.88. The Labute approximate surface area is 130 Å². The molecule has 1 saturated heterocycles. The maximum atomic E-state index is 5.36. The van der Waals surface area contributed by atoms with Gasteiger partial charge in [0.25, 0.3) is 0 Å². The molecular weight excluding hydrogens is 310 g/mol. The molecule has 112 valence electrons. The first-order chi connectivity index (χ1) is 10.2. The number of nitrogens with zero attached hydrogens (tertiary/aromatic N) is 6. The summed E-state index contributed by atoms with van der Waals surface area (Å²) in [6, 6.07) is 0. The second kappa shape index (κ2) is 6.50. The van der Waals surface area contributed by atoms with Gasteiger partial charge in [-0.3, -0.25) is 0 Å². The highest BCUT2D eigenvalue weighted by Gasteiger charge is 2.17. The van der Waals surface area contributed by atoms with Crippen molar-refractivity contribution >= 4 is 35.0 Å². The number of rotatable bonds is 4. The Balaban J connectivity index is 1.85. The number of hydrogen-bond donors (Lipinski definition) is 1. The fourth-order valence-electron chi connectivity index (χ4n) is 1.81. The maximum Gasteiger partial charge on any atom is 0.231 e. The van der Waals surface area contributed by atoms with Gasteiger partial charge in [0.15, 0.2) is 4.34 Å². The lowest BCUT2D eigenvalue weighted by Gasteiger charge is -2.26. The van der Waals surface area contributed by atoms with Crippen LogP contribution < -0.4 is 10.2 Å². The van der Waals surface area contributed by atoms with Crippen molar-refractivity contribution in [1.82, 2.24) is 25.1 Å². The largest absolute Gasteiger partial charge is 0.378 e. The fraction of sp³-hybridized carbons (Fsp3) is 0.545. The van der Waals surface area contributed by atoms with E-state index in [0.717, 1.165) is 22.4 Å². The molecule has 2 aromatic heterocycles. The minimum Gasteiger partial charge on any atom is -0.378 e. The van der Waals surface area contributed by atoms with E-state index in [1.807, 2.05) is 6.92 Å². The zero-order valence-electron chi connectivity index (χ0n) is 11.7. The van der Waals surface area contributed by atoms with Crippen LogP contribution in [0.5, 0.6) is 0 Å². The third-order valence-corrected chi connectivity index (χ3v) is 4.56. The Bertz CT molecular complexity index is 614. The molecule has 1 fully saturated rings. The summed E-state index contributed by atoms with van der Waals surface area (Å²) in [5.74, 6) is 1.22. The van der Waals surface area contributed by atoms with Gasteiger partial charge in [-0.2, -0.15) is 15.0 Å². The van der Waals surface area contributed by atoms with Gasteiger partial charge in [-0.1, -0.05) is 11.3 Å². The molecule has 0 atom stereocenters. The van der Waals surface area contributed by atoms with Crippen LogP contribution in [0.15, 0.2) is 9.50 Å². The Hall–Kier alpha value is -1.52. The van der Waals surface area contributed by atoms with Gasteiger partial charge in [0.1, 0.15) is 5.01 Å². The molecule has 1 aliphatic heterocycles. The van der Waals surface area contributed by atoms with E-state index < -0.39 is 0 Å². The summed E-state index contributed by atoms with van der Waals surface area (Å²) in [6.07, 6.45) is 0. The Morgan fingerprint density at radius 3 is 2.67 bits per heavy atom. The van der Waals surface area contributed by atoms with Crippen LogP contribution in [-0.2, 0) is 4.74 Å².